The molecule has 0 amide bonds. The Bertz CT molecular complexity index is 610. The van der Waals surface area contributed by atoms with E-state index in [2.05, 4.69) is 30.4 Å². The van der Waals surface area contributed by atoms with E-state index in [9.17, 15) is 4.79 Å². The number of ether oxygens (including phenoxy) is 1. The van der Waals surface area contributed by atoms with Crippen LogP contribution in [0, 0.1) is 0 Å². The molecule has 0 aliphatic rings. The van der Waals surface area contributed by atoms with Crippen molar-refractivity contribution in [3.63, 3.8) is 0 Å². The summed E-state index contributed by atoms with van der Waals surface area (Å²) in [5.74, 6) is 0.0845. The number of carboxylic acid groups (broad SMARTS) is 1. The Morgan fingerprint density at radius 3 is 2.81 bits per heavy atom. The summed E-state index contributed by atoms with van der Waals surface area (Å²) < 4.78 is 5.82. The normalized spacial score (nSPS) is 10.7. The third-order valence-electron chi connectivity index (χ3n) is 3.28. The maximum absolute atomic E-state index is 10.6. The molecule has 0 aliphatic carbocycles. The van der Waals surface area contributed by atoms with Gasteiger partial charge in [0.15, 0.2) is 0 Å². The van der Waals surface area contributed by atoms with E-state index in [0.29, 0.717) is 19.7 Å². The SMILES string of the molecule is CCCOc1ccc2ccccc2c1CNCCC(=O)O. The Labute approximate surface area is 124 Å². The van der Waals surface area contributed by atoms with E-state index < -0.39 is 5.97 Å². The highest BCUT2D eigenvalue weighted by molar-refractivity contribution is 5.87. The molecule has 0 fully saturated rings. The number of hydrogen-bond donors (Lipinski definition) is 2. The van der Waals surface area contributed by atoms with Gasteiger partial charge >= 0.3 is 5.97 Å². The number of carboxylic acids is 1. The first-order valence-electron chi connectivity index (χ1n) is 7.28. The standard InChI is InChI=1S/C17H21NO3/c1-2-11-21-16-8-7-13-5-3-4-6-14(13)15(16)12-18-10-9-17(19)20/h3-8,18H,2,9-12H2,1H3,(H,19,20). The van der Waals surface area contributed by atoms with Gasteiger partial charge in [-0.2, -0.15) is 0 Å². The molecule has 0 unspecified atom stereocenters. The van der Waals surface area contributed by atoms with Crippen LogP contribution in [-0.2, 0) is 11.3 Å². The molecule has 112 valence electrons. The van der Waals surface area contributed by atoms with Gasteiger partial charge in [-0.3, -0.25) is 4.79 Å². The first-order valence-corrected chi connectivity index (χ1v) is 7.28. The van der Waals surface area contributed by atoms with Crippen LogP contribution < -0.4 is 10.1 Å². The lowest BCUT2D eigenvalue weighted by molar-refractivity contribution is -0.136. The van der Waals surface area contributed by atoms with Crippen LogP contribution in [0.5, 0.6) is 5.75 Å². The molecule has 0 bridgehead atoms. The minimum Gasteiger partial charge on any atom is -0.493 e. The number of aliphatic carboxylic acids is 1. The lowest BCUT2D eigenvalue weighted by atomic mass is 10.0. The molecule has 2 aromatic carbocycles. The van der Waals surface area contributed by atoms with Gasteiger partial charge in [-0.05, 0) is 23.3 Å². The molecule has 2 N–H and O–H groups in total. The van der Waals surface area contributed by atoms with Crippen LogP contribution in [0.3, 0.4) is 0 Å². The fourth-order valence-corrected chi connectivity index (χ4v) is 2.25. The van der Waals surface area contributed by atoms with E-state index in [1.54, 1.807) is 0 Å². The van der Waals surface area contributed by atoms with Crippen LogP contribution in [0.4, 0.5) is 0 Å². The van der Waals surface area contributed by atoms with Crippen LogP contribution in [-0.4, -0.2) is 24.2 Å². The van der Waals surface area contributed by atoms with E-state index >= 15 is 0 Å². The van der Waals surface area contributed by atoms with Crippen molar-refractivity contribution < 1.29 is 14.6 Å². The molecule has 2 aromatic rings. The number of fused-ring (bicyclic) bond motifs is 1. The highest BCUT2D eigenvalue weighted by Crippen LogP contribution is 2.28. The summed E-state index contributed by atoms with van der Waals surface area (Å²) >= 11 is 0. The van der Waals surface area contributed by atoms with E-state index in [1.165, 1.54) is 0 Å². The number of benzene rings is 2. The first kappa shape index (κ1) is 15.3. The van der Waals surface area contributed by atoms with Crippen molar-refractivity contribution in [3.05, 3.63) is 42.0 Å². The van der Waals surface area contributed by atoms with Crippen molar-refractivity contribution in [2.45, 2.75) is 26.3 Å². The van der Waals surface area contributed by atoms with E-state index in [0.717, 1.165) is 28.5 Å². The molecular formula is C17H21NO3. The van der Waals surface area contributed by atoms with E-state index in [4.69, 9.17) is 9.84 Å². The van der Waals surface area contributed by atoms with E-state index in [1.807, 2.05) is 18.2 Å². The number of nitrogens with one attached hydrogen (secondary N) is 1. The molecule has 0 spiro atoms. The van der Waals surface area contributed by atoms with Crippen molar-refractivity contribution in [2.24, 2.45) is 0 Å². The zero-order valence-electron chi connectivity index (χ0n) is 12.3. The topological polar surface area (TPSA) is 58.6 Å². The van der Waals surface area contributed by atoms with Crippen LogP contribution in [0.2, 0.25) is 0 Å². The van der Waals surface area contributed by atoms with Gasteiger partial charge in [0.05, 0.1) is 13.0 Å². The Balaban J connectivity index is 2.20. The van der Waals surface area contributed by atoms with Gasteiger partial charge in [-0.15, -0.1) is 0 Å². The van der Waals surface area contributed by atoms with Crippen LogP contribution >= 0.6 is 0 Å². The van der Waals surface area contributed by atoms with Gasteiger partial charge in [-0.1, -0.05) is 37.3 Å². The van der Waals surface area contributed by atoms with Crippen molar-refractivity contribution in [3.8, 4) is 5.75 Å². The Morgan fingerprint density at radius 1 is 1.24 bits per heavy atom. The van der Waals surface area contributed by atoms with Gasteiger partial charge in [0.1, 0.15) is 5.75 Å². The largest absolute Gasteiger partial charge is 0.493 e. The molecule has 21 heavy (non-hydrogen) atoms. The molecule has 0 saturated heterocycles. The van der Waals surface area contributed by atoms with Crippen molar-refractivity contribution >= 4 is 16.7 Å². The Kier molecular flexibility index (Phi) is 5.58. The summed E-state index contributed by atoms with van der Waals surface area (Å²) in [6.07, 6.45) is 1.08. The molecule has 4 heteroatoms. The third kappa shape index (κ3) is 4.20. The first-order chi connectivity index (χ1) is 10.2. The van der Waals surface area contributed by atoms with E-state index in [-0.39, 0.29) is 6.42 Å². The lowest BCUT2D eigenvalue weighted by Gasteiger charge is -2.14. The van der Waals surface area contributed by atoms with Gasteiger partial charge in [0.2, 0.25) is 0 Å². The fourth-order valence-electron chi connectivity index (χ4n) is 2.25. The minimum absolute atomic E-state index is 0.121. The monoisotopic (exact) mass is 287 g/mol. The second kappa shape index (κ2) is 7.64. The lowest BCUT2D eigenvalue weighted by Crippen LogP contribution is -2.18. The summed E-state index contributed by atoms with van der Waals surface area (Å²) in [5, 5.41) is 14.2. The summed E-state index contributed by atoms with van der Waals surface area (Å²) in [7, 11) is 0. The second-order valence-corrected chi connectivity index (χ2v) is 4.93. The molecule has 0 atom stereocenters. The average Bonchev–Trinajstić information content (AvgIpc) is 2.49. The molecule has 0 aromatic heterocycles. The quantitative estimate of drug-likeness (QED) is 0.732. The van der Waals surface area contributed by atoms with Gasteiger partial charge in [0.25, 0.3) is 0 Å². The maximum atomic E-state index is 10.6. The average molecular weight is 287 g/mol. The van der Waals surface area contributed by atoms with Crippen molar-refractivity contribution in [1.82, 2.24) is 5.32 Å². The van der Waals surface area contributed by atoms with Crippen LogP contribution in [0.25, 0.3) is 10.8 Å². The smallest absolute Gasteiger partial charge is 0.304 e. The predicted molar refractivity (Wildman–Crippen MR) is 83.7 cm³/mol. The summed E-state index contributed by atoms with van der Waals surface area (Å²) in [5.41, 5.74) is 1.09. The summed E-state index contributed by atoms with van der Waals surface area (Å²) in [6.45, 7) is 3.81. The molecule has 0 aliphatic heterocycles. The van der Waals surface area contributed by atoms with Crippen molar-refractivity contribution in [1.29, 1.82) is 0 Å². The highest BCUT2D eigenvalue weighted by Gasteiger charge is 2.08. The number of hydrogen-bond acceptors (Lipinski definition) is 3. The third-order valence-corrected chi connectivity index (χ3v) is 3.28. The number of rotatable bonds is 8. The summed E-state index contributed by atoms with van der Waals surface area (Å²) in [6, 6.07) is 12.2. The number of carbonyl (C=O) groups is 1. The summed E-state index contributed by atoms with van der Waals surface area (Å²) in [4.78, 5) is 10.6. The fraction of sp³-hybridized carbons (Fsp3) is 0.353. The Hall–Kier alpha value is -2.07. The van der Waals surface area contributed by atoms with Crippen LogP contribution in [0.1, 0.15) is 25.3 Å². The molecule has 0 radical (unpaired) electrons. The van der Waals surface area contributed by atoms with Crippen molar-refractivity contribution in [2.75, 3.05) is 13.2 Å². The minimum atomic E-state index is -0.789. The van der Waals surface area contributed by atoms with Gasteiger partial charge in [-0.25, -0.2) is 0 Å². The highest BCUT2D eigenvalue weighted by atomic mass is 16.5. The van der Waals surface area contributed by atoms with Gasteiger partial charge < -0.3 is 15.2 Å². The molecule has 4 nitrogen and oxygen atoms in total. The van der Waals surface area contributed by atoms with Gasteiger partial charge in [0, 0.05) is 18.7 Å². The molecule has 0 heterocycles. The zero-order valence-corrected chi connectivity index (χ0v) is 12.3. The molecule has 2 rings (SSSR count). The van der Waals surface area contributed by atoms with Crippen LogP contribution in [0.15, 0.2) is 36.4 Å². The second-order valence-electron chi connectivity index (χ2n) is 4.93. The predicted octanol–water partition coefficient (Wildman–Crippen LogP) is 3.19. The maximum Gasteiger partial charge on any atom is 0.304 e. The Morgan fingerprint density at radius 2 is 2.05 bits per heavy atom. The zero-order chi connectivity index (χ0) is 15.1. The molecule has 0 saturated carbocycles. The molecular weight excluding hydrogens is 266 g/mol.